The number of amides is 1. The van der Waals surface area contributed by atoms with Crippen molar-refractivity contribution in [1.29, 1.82) is 0 Å². The number of aromatic amines is 1. The van der Waals surface area contributed by atoms with E-state index in [-0.39, 0.29) is 5.91 Å². The molecule has 0 unspecified atom stereocenters. The van der Waals surface area contributed by atoms with Gasteiger partial charge in [-0.15, -0.1) is 0 Å². The van der Waals surface area contributed by atoms with Crippen LogP contribution in [0.2, 0.25) is 0 Å². The monoisotopic (exact) mass is 364 g/mol. The van der Waals surface area contributed by atoms with E-state index in [0.717, 1.165) is 42.3 Å². The predicted octanol–water partition coefficient (Wildman–Crippen LogP) is 3.39. The number of nitrogens with zero attached hydrogens (tertiary/aromatic N) is 2. The Morgan fingerprint density at radius 1 is 1.15 bits per heavy atom. The van der Waals surface area contributed by atoms with E-state index in [4.69, 9.17) is 4.42 Å². The van der Waals surface area contributed by atoms with Crippen molar-refractivity contribution in [3.05, 3.63) is 65.0 Å². The smallest absolute Gasteiger partial charge is 0.222 e. The van der Waals surface area contributed by atoms with Gasteiger partial charge >= 0.3 is 0 Å². The van der Waals surface area contributed by atoms with Gasteiger partial charge in [0.05, 0.1) is 6.20 Å². The van der Waals surface area contributed by atoms with Crippen LogP contribution < -0.4 is 5.32 Å². The maximum absolute atomic E-state index is 11.7. The minimum Gasteiger partial charge on any atom is -0.460 e. The van der Waals surface area contributed by atoms with Gasteiger partial charge in [-0.2, -0.15) is 5.10 Å². The Balaban J connectivity index is 1.31. The highest BCUT2D eigenvalue weighted by Gasteiger charge is 2.19. The minimum absolute atomic E-state index is 0.267. The Bertz CT molecular complexity index is 910. The molecule has 1 aliphatic heterocycles. The van der Waals surface area contributed by atoms with Gasteiger partial charge in [-0.05, 0) is 36.6 Å². The van der Waals surface area contributed by atoms with Crippen LogP contribution in [0.15, 0.2) is 47.0 Å². The number of carbonyl (C=O) groups excluding carboxylic acids is 1. The van der Waals surface area contributed by atoms with Crippen LogP contribution in [0, 0.1) is 6.92 Å². The molecule has 1 fully saturated rings. The second-order valence-electron chi connectivity index (χ2n) is 7.02. The van der Waals surface area contributed by atoms with Crippen LogP contribution in [-0.2, 0) is 24.4 Å². The molecule has 3 aromatic rings. The molecule has 0 radical (unpaired) electrons. The number of hydrogen-bond donors (Lipinski definition) is 2. The first-order valence-corrected chi connectivity index (χ1v) is 9.34. The average Bonchev–Trinajstić information content (AvgIpc) is 3.39. The number of likely N-dealkylation sites (tertiary alicyclic amines) is 1. The highest BCUT2D eigenvalue weighted by molar-refractivity contribution is 5.78. The van der Waals surface area contributed by atoms with Gasteiger partial charge in [-0.3, -0.25) is 9.89 Å². The predicted molar refractivity (Wildman–Crippen MR) is 103 cm³/mol. The van der Waals surface area contributed by atoms with Gasteiger partial charge in [0, 0.05) is 38.2 Å². The van der Waals surface area contributed by atoms with Gasteiger partial charge in [0.1, 0.15) is 11.5 Å². The molecule has 1 saturated heterocycles. The average molecular weight is 364 g/mol. The molecule has 27 heavy (non-hydrogen) atoms. The first-order chi connectivity index (χ1) is 13.2. The normalized spacial score (nSPS) is 14.3. The zero-order valence-electron chi connectivity index (χ0n) is 15.5. The number of hydrogen-bond acceptors (Lipinski definition) is 4. The molecule has 6 nitrogen and oxygen atoms in total. The lowest BCUT2D eigenvalue weighted by Crippen LogP contribution is -2.23. The molecule has 1 amide bonds. The number of H-pyrrole nitrogens is 1. The second-order valence-corrected chi connectivity index (χ2v) is 7.02. The molecule has 3 heterocycles. The van der Waals surface area contributed by atoms with Crippen LogP contribution in [0.1, 0.15) is 35.3 Å². The van der Waals surface area contributed by atoms with E-state index in [1.165, 1.54) is 11.1 Å². The van der Waals surface area contributed by atoms with Gasteiger partial charge in [0.15, 0.2) is 5.76 Å². The Morgan fingerprint density at radius 3 is 2.67 bits per heavy atom. The Kier molecular flexibility index (Phi) is 5.07. The van der Waals surface area contributed by atoms with E-state index in [1.54, 1.807) is 0 Å². The third-order valence-electron chi connectivity index (χ3n) is 4.92. The largest absolute Gasteiger partial charge is 0.460 e. The van der Waals surface area contributed by atoms with Crippen molar-refractivity contribution in [3.8, 4) is 11.5 Å². The number of nitrogens with one attached hydrogen (secondary N) is 2. The zero-order chi connectivity index (χ0) is 18.6. The molecule has 0 atom stereocenters. The van der Waals surface area contributed by atoms with Gasteiger partial charge in [0.2, 0.25) is 5.91 Å². The van der Waals surface area contributed by atoms with Gasteiger partial charge < -0.3 is 14.6 Å². The summed E-state index contributed by atoms with van der Waals surface area (Å²) < 4.78 is 5.68. The minimum atomic E-state index is 0.267. The number of rotatable bonds is 7. The fourth-order valence-electron chi connectivity index (χ4n) is 3.42. The number of aryl methyl sites for hydroxylation is 1. The molecule has 6 heteroatoms. The molecule has 4 rings (SSSR count). The van der Waals surface area contributed by atoms with E-state index in [9.17, 15) is 4.79 Å². The summed E-state index contributed by atoms with van der Waals surface area (Å²) in [6, 6.07) is 12.4. The van der Waals surface area contributed by atoms with Crippen LogP contribution in [0.3, 0.4) is 0 Å². The Hall–Kier alpha value is -2.86. The summed E-state index contributed by atoms with van der Waals surface area (Å²) in [5.41, 5.74) is 4.39. The number of furan rings is 1. The molecule has 1 aliphatic rings. The second kappa shape index (κ2) is 7.80. The van der Waals surface area contributed by atoms with Crippen LogP contribution in [0.5, 0.6) is 0 Å². The van der Waals surface area contributed by atoms with Gasteiger partial charge in [0.25, 0.3) is 0 Å². The van der Waals surface area contributed by atoms with Crippen LogP contribution >= 0.6 is 0 Å². The lowest BCUT2D eigenvalue weighted by molar-refractivity contribution is -0.128. The molecule has 0 saturated carbocycles. The third kappa shape index (κ3) is 4.11. The number of carbonyl (C=O) groups is 1. The van der Waals surface area contributed by atoms with Crippen molar-refractivity contribution < 1.29 is 9.21 Å². The van der Waals surface area contributed by atoms with E-state index < -0.39 is 0 Å². The van der Waals surface area contributed by atoms with Crippen LogP contribution in [0.4, 0.5) is 0 Å². The number of benzene rings is 1. The Labute approximate surface area is 158 Å². The molecule has 0 bridgehead atoms. The lowest BCUT2D eigenvalue weighted by atomic mass is 10.1. The lowest BCUT2D eigenvalue weighted by Gasteiger charge is -2.15. The van der Waals surface area contributed by atoms with Crippen molar-refractivity contribution in [2.75, 3.05) is 6.54 Å². The molecule has 140 valence electrons. The van der Waals surface area contributed by atoms with Crippen LogP contribution in [-0.4, -0.2) is 27.5 Å². The Morgan fingerprint density at radius 2 is 1.96 bits per heavy atom. The third-order valence-corrected chi connectivity index (χ3v) is 4.92. The van der Waals surface area contributed by atoms with E-state index in [2.05, 4.69) is 39.8 Å². The fourth-order valence-corrected chi connectivity index (χ4v) is 3.42. The van der Waals surface area contributed by atoms with E-state index in [1.807, 2.05) is 30.2 Å². The standard InChI is InChI=1S/C21H24N4O2/c1-15-4-9-19(27-15)21-18(13-23-24-21)12-22-11-16-5-7-17(8-6-16)14-25-10-2-3-20(25)26/h4-9,13,22H,2-3,10-12,14H2,1H3,(H,23,24). The summed E-state index contributed by atoms with van der Waals surface area (Å²) in [5, 5.41) is 10.6. The van der Waals surface area contributed by atoms with Crippen molar-refractivity contribution in [2.24, 2.45) is 0 Å². The highest BCUT2D eigenvalue weighted by Crippen LogP contribution is 2.23. The van der Waals surface area contributed by atoms with E-state index in [0.29, 0.717) is 19.5 Å². The quantitative estimate of drug-likeness (QED) is 0.674. The summed E-state index contributed by atoms with van der Waals surface area (Å²) in [6.45, 7) is 5.00. The first-order valence-electron chi connectivity index (χ1n) is 9.34. The molecule has 0 spiro atoms. The van der Waals surface area contributed by atoms with Crippen LogP contribution in [0.25, 0.3) is 11.5 Å². The molecule has 2 aromatic heterocycles. The van der Waals surface area contributed by atoms with Gasteiger partial charge in [-0.1, -0.05) is 24.3 Å². The maximum atomic E-state index is 11.7. The number of aromatic nitrogens is 2. The first kappa shape index (κ1) is 17.5. The highest BCUT2D eigenvalue weighted by atomic mass is 16.3. The topological polar surface area (TPSA) is 74.2 Å². The summed E-state index contributed by atoms with van der Waals surface area (Å²) in [6.07, 6.45) is 3.50. The molecule has 1 aromatic carbocycles. The summed E-state index contributed by atoms with van der Waals surface area (Å²) in [5.74, 6) is 1.96. The van der Waals surface area contributed by atoms with Gasteiger partial charge in [-0.25, -0.2) is 0 Å². The maximum Gasteiger partial charge on any atom is 0.222 e. The fraction of sp³-hybridized carbons (Fsp3) is 0.333. The summed E-state index contributed by atoms with van der Waals surface area (Å²) in [7, 11) is 0. The molecular formula is C21H24N4O2. The van der Waals surface area contributed by atoms with Crippen molar-refractivity contribution >= 4 is 5.91 Å². The summed E-state index contributed by atoms with van der Waals surface area (Å²) in [4.78, 5) is 13.7. The molecule has 2 N–H and O–H groups in total. The van der Waals surface area contributed by atoms with E-state index >= 15 is 0 Å². The van der Waals surface area contributed by atoms with Crippen molar-refractivity contribution in [3.63, 3.8) is 0 Å². The zero-order valence-corrected chi connectivity index (χ0v) is 15.5. The summed E-state index contributed by atoms with van der Waals surface area (Å²) >= 11 is 0. The molecule has 0 aliphatic carbocycles. The molecular weight excluding hydrogens is 340 g/mol. The van der Waals surface area contributed by atoms with Crippen molar-refractivity contribution in [2.45, 2.75) is 39.4 Å². The SMILES string of the molecule is Cc1ccc(-c2[nH]ncc2CNCc2ccc(CN3CCCC3=O)cc2)o1. The van der Waals surface area contributed by atoms with Crippen molar-refractivity contribution in [1.82, 2.24) is 20.4 Å².